The lowest BCUT2D eigenvalue weighted by atomic mass is 9.83. The zero-order chi connectivity index (χ0) is 98.6. The van der Waals surface area contributed by atoms with Crippen molar-refractivity contribution in [1.82, 2.24) is 0 Å². The smallest absolute Gasteiger partial charge is 0.136 e. The Morgan fingerprint density at radius 1 is 0.149 bits per heavy atom. The molecule has 10 heteroatoms. The molecule has 0 fully saturated rings. The van der Waals surface area contributed by atoms with Crippen LogP contribution in [0.1, 0.15) is 11.1 Å². The summed E-state index contributed by atoms with van der Waals surface area (Å²) in [6, 6.07) is 154. The minimum atomic E-state index is 0.816. The molecule has 702 valence electrons. The van der Waals surface area contributed by atoms with Crippen LogP contribution in [0, 0.1) is 13.8 Å². The number of para-hydroxylation sites is 8. The third-order valence-electron chi connectivity index (χ3n) is 30.1. The maximum atomic E-state index is 6.58. The highest BCUT2D eigenvalue weighted by Gasteiger charge is 2.30. The van der Waals surface area contributed by atoms with Gasteiger partial charge in [-0.15, -0.1) is 0 Å². The van der Waals surface area contributed by atoms with E-state index >= 15 is 0 Å². The molecule has 30 rings (SSSR count). The van der Waals surface area contributed by atoms with Gasteiger partial charge in [-0.3, -0.25) is 0 Å². The number of hydrogen-bond donors (Lipinski definition) is 0. The molecule has 6 heterocycles. The Bertz CT molecular complexity index is 9920. The first-order valence-electron chi connectivity index (χ1n) is 49.9. The number of furan rings is 6. The van der Waals surface area contributed by atoms with Crippen molar-refractivity contribution in [3.8, 4) is 158 Å². The average Bonchev–Trinajstić information content (AvgIpc) is 1.04. The first-order valence-corrected chi connectivity index (χ1v) is 49.9. The Balaban J connectivity index is 0.000000107. The van der Waals surface area contributed by atoms with Crippen molar-refractivity contribution in [2.45, 2.75) is 13.8 Å². The molecule has 0 spiro atoms. The average molecular weight is 1910 g/mol. The maximum absolute atomic E-state index is 6.58. The highest BCUT2D eigenvalue weighted by atomic mass is 16.5. The van der Waals surface area contributed by atoms with Crippen molar-refractivity contribution >= 4 is 163 Å². The van der Waals surface area contributed by atoms with Crippen molar-refractivity contribution in [3.05, 3.63) is 448 Å². The zero-order valence-electron chi connectivity index (χ0n) is 81.7. The minimum absolute atomic E-state index is 0.816. The SMILES string of the molecule is COc1ccc(-c2cc(-c3cc4ccccc4o3)c3ccc4c(-c5ccc(OC)cc5)cc(-c5cc6ccccc6o5)c5ccc2c3c45)cc1.COc1ccccc1-c1cc(-c2cc3ccccc3o2)c2ccc3c(-c4ccccc4OC)cc(-c4cc5ccccc5o4)c4ccc1c2c43.Cc1ccc(-c2cc(-c3cc4ccccc4o3)c3ccc4c(-c5cccc(C)c5)cc(-c5cc6ccccc6o5)c5ccc2c3c45)cc1. The van der Waals surface area contributed by atoms with Crippen LogP contribution >= 0.6 is 0 Å². The summed E-state index contributed by atoms with van der Waals surface area (Å²) in [5, 5.41) is 27.6. The first-order chi connectivity index (χ1) is 72.9. The number of fused-ring (bicyclic) bond motifs is 6. The second-order valence-corrected chi connectivity index (χ2v) is 38.5. The second-order valence-electron chi connectivity index (χ2n) is 38.5. The van der Waals surface area contributed by atoms with Crippen LogP contribution in [0.15, 0.2) is 463 Å². The van der Waals surface area contributed by atoms with Crippen LogP contribution in [-0.2, 0) is 0 Å². The summed E-state index contributed by atoms with van der Waals surface area (Å²) in [4.78, 5) is 0. The summed E-state index contributed by atoms with van der Waals surface area (Å²) < 4.78 is 62.4. The van der Waals surface area contributed by atoms with Crippen molar-refractivity contribution in [3.63, 3.8) is 0 Å². The number of methoxy groups -OCH3 is 4. The van der Waals surface area contributed by atoms with Gasteiger partial charge >= 0.3 is 0 Å². The van der Waals surface area contributed by atoms with E-state index in [4.69, 9.17) is 45.5 Å². The summed E-state index contributed by atoms with van der Waals surface area (Å²) >= 11 is 0. The summed E-state index contributed by atoms with van der Waals surface area (Å²) in [5.74, 6) is 8.35. The molecule has 30 aromatic rings. The molecule has 0 aliphatic rings. The van der Waals surface area contributed by atoms with E-state index in [-0.39, 0.29) is 0 Å². The van der Waals surface area contributed by atoms with E-state index in [1.54, 1.807) is 28.4 Å². The topological polar surface area (TPSA) is 116 Å². The van der Waals surface area contributed by atoms with Crippen LogP contribution in [0.5, 0.6) is 23.0 Å². The van der Waals surface area contributed by atoms with E-state index in [0.29, 0.717) is 0 Å². The fourth-order valence-corrected chi connectivity index (χ4v) is 23.1. The molecule has 0 radical (unpaired) electrons. The molecular weight excluding hydrogens is 1820 g/mol. The third kappa shape index (κ3) is 14.3. The number of benzene rings is 24. The zero-order valence-corrected chi connectivity index (χ0v) is 81.7. The lowest BCUT2D eigenvalue weighted by molar-refractivity contribution is 0.415. The molecule has 6 aromatic heterocycles. The van der Waals surface area contributed by atoms with Gasteiger partial charge in [0.05, 0.1) is 28.4 Å². The van der Waals surface area contributed by atoms with E-state index in [0.717, 1.165) is 244 Å². The van der Waals surface area contributed by atoms with E-state index in [9.17, 15) is 0 Å². The van der Waals surface area contributed by atoms with Gasteiger partial charge in [-0.05, 0) is 312 Å². The Kier molecular flexibility index (Phi) is 20.4. The van der Waals surface area contributed by atoms with Crippen molar-refractivity contribution in [2.75, 3.05) is 28.4 Å². The van der Waals surface area contributed by atoms with E-state index < -0.39 is 0 Å². The molecule has 0 bridgehead atoms. The number of rotatable bonds is 16. The molecule has 24 aromatic carbocycles. The number of aryl methyl sites for hydroxylation is 2. The molecule has 0 unspecified atom stereocenters. The molecule has 0 N–H and O–H groups in total. The molecule has 0 amide bonds. The fraction of sp³-hybridized carbons (Fsp3) is 0.0435. The molecule has 10 nitrogen and oxygen atoms in total. The second kappa shape index (κ2) is 34.9. The van der Waals surface area contributed by atoms with Gasteiger partial charge in [-0.2, -0.15) is 0 Å². The normalized spacial score (nSPS) is 11.9. The summed E-state index contributed by atoms with van der Waals surface area (Å²) in [7, 11) is 6.86. The highest BCUT2D eigenvalue weighted by Crippen LogP contribution is 2.57. The Labute approximate surface area is 850 Å². The van der Waals surface area contributed by atoms with Crippen molar-refractivity contribution < 1.29 is 45.5 Å². The van der Waals surface area contributed by atoms with Crippen LogP contribution < -0.4 is 18.9 Å². The van der Waals surface area contributed by atoms with E-state index in [1.807, 2.05) is 133 Å². The summed E-state index contributed by atoms with van der Waals surface area (Å²) in [6.07, 6.45) is 0. The Morgan fingerprint density at radius 3 is 0.622 bits per heavy atom. The quantitative estimate of drug-likeness (QED) is 0.0866. The molecule has 0 saturated carbocycles. The standard InChI is InChI=1S/2C46H30O4.C46H30O2/c1-47-41-17-9-5-13-29(41)35-25-37(43-23-27-11-3-7-15-39(27)49-43)33-22-20-32-36(30-14-6-10-18-42(30)48-2)26-38(34-21-19-31(35)45(33)46(32)34)44-24-28-12-4-8-16-40(28)50-44;1-47-31-15-11-27(12-16-31)37-25-39(43-23-29-7-3-5-9-41(29)49-43)35-22-20-34-38(28-13-17-32(48-2)18-14-28)26-40(36-21-19-33(37)45(35)46(34)36)44-24-30-8-4-6-10-42(30)50-44;1-27-14-16-29(17-15-27)37-25-39(43-23-31-9-3-5-12-41(31)47-43)35-21-19-34-38(30-11-7-8-28(2)22-30)26-40(36-20-18-33(37)45(35)46(34)36)44-24-32-10-4-6-13-42(32)48-44/h2*3-26H,1-2H3;3-26H,1-2H3. The Hall–Kier alpha value is -19.2. The van der Waals surface area contributed by atoms with Crippen molar-refractivity contribution in [1.29, 1.82) is 0 Å². The van der Waals surface area contributed by atoms with Gasteiger partial charge in [0.1, 0.15) is 91.1 Å². The molecule has 148 heavy (non-hydrogen) atoms. The van der Waals surface area contributed by atoms with E-state index in [1.165, 1.54) is 87.2 Å². The first kappa shape index (κ1) is 86.7. The molecular formula is C138H90O10. The molecule has 0 saturated heterocycles. The van der Waals surface area contributed by atoms with Gasteiger partial charge in [-0.1, -0.05) is 302 Å². The predicted octanol–water partition coefficient (Wildman–Crippen LogP) is 38.9. The van der Waals surface area contributed by atoms with Gasteiger partial charge in [-0.25, -0.2) is 0 Å². The van der Waals surface area contributed by atoms with E-state index in [2.05, 4.69) is 317 Å². The third-order valence-corrected chi connectivity index (χ3v) is 30.1. The lowest BCUT2D eigenvalue weighted by Gasteiger charge is -2.21. The van der Waals surface area contributed by atoms with Gasteiger partial charge in [0.15, 0.2) is 0 Å². The summed E-state index contributed by atoms with van der Waals surface area (Å²) in [5.41, 5.74) is 27.5. The predicted molar refractivity (Wildman–Crippen MR) is 610 cm³/mol. The van der Waals surface area contributed by atoms with Gasteiger partial charge in [0.2, 0.25) is 0 Å². The monoisotopic (exact) mass is 1910 g/mol. The van der Waals surface area contributed by atoms with Crippen LogP contribution in [0.2, 0.25) is 0 Å². The largest absolute Gasteiger partial charge is 0.497 e. The van der Waals surface area contributed by atoms with Gasteiger partial charge in [0.25, 0.3) is 0 Å². The van der Waals surface area contributed by atoms with Crippen LogP contribution in [-0.4, -0.2) is 28.4 Å². The Morgan fingerprint density at radius 2 is 0.372 bits per heavy atom. The fourth-order valence-electron chi connectivity index (χ4n) is 23.1. The molecule has 0 aliphatic heterocycles. The number of hydrogen-bond acceptors (Lipinski definition) is 10. The maximum Gasteiger partial charge on any atom is 0.136 e. The lowest BCUT2D eigenvalue weighted by Crippen LogP contribution is -1.95. The summed E-state index contributed by atoms with van der Waals surface area (Å²) in [6.45, 7) is 4.30. The van der Waals surface area contributed by atoms with Crippen LogP contribution in [0.3, 0.4) is 0 Å². The van der Waals surface area contributed by atoms with Crippen molar-refractivity contribution in [2.24, 2.45) is 0 Å². The van der Waals surface area contributed by atoms with Crippen LogP contribution in [0.25, 0.3) is 297 Å². The minimum Gasteiger partial charge on any atom is -0.497 e. The number of ether oxygens (including phenoxy) is 4. The van der Waals surface area contributed by atoms with Gasteiger partial charge < -0.3 is 45.5 Å². The molecule has 0 aliphatic carbocycles. The van der Waals surface area contributed by atoms with Crippen LogP contribution in [0.4, 0.5) is 0 Å². The molecule has 0 atom stereocenters. The highest BCUT2D eigenvalue weighted by molar-refractivity contribution is 6.36. The van der Waals surface area contributed by atoms with Gasteiger partial charge in [0, 0.05) is 76.8 Å².